The van der Waals surface area contributed by atoms with Crippen molar-refractivity contribution in [2.45, 2.75) is 44.3 Å². The molecule has 28 heavy (non-hydrogen) atoms. The molecule has 7 heteroatoms. The van der Waals surface area contributed by atoms with Gasteiger partial charge in [0.1, 0.15) is 0 Å². The van der Waals surface area contributed by atoms with E-state index in [0.29, 0.717) is 43.8 Å². The van der Waals surface area contributed by atoms with Crippen molar-refractivity contribution < 1.29 is 17.9 Å². The molecule has 1 N–H and O–H groups in total. The van der Waals surface area contributed by atoms with Gasteiger partial charge in [-0.3, -0.25) is 4.79 Å². The molecule has 1 fully saturated rings. The Labute approximate surface area is 166 Å². The average Bonchev–Trinajstić information content (AvgIpc) is 2.68. The summed E-state index contributed by atoms with van der Waals surface area (Å²) in [7, 11) is -3.62. The van der Waals surface area contributed by atoms with Crippen LogP contribution in [0, 0.1) is 6.92 Å². The number of anilines is 1. The van der Waals surface area contributed by atoms with Gasteiger partial charge in [0, 0.05) is 25.7 Å². The summed E-state index contributed by atoms with van der Waals surface area (Å²) in [6.07, 6.45) is 1.38. The van der Waals surface area contributed by atoms with Crippen molar-refractivity contribution in [2.24, 2.45) is 0 Å². The molecule has 3 rings (SSSR count). The Hall–Kier alpha value is -2.22. The van der Waals surface area contributed by atoms with Crippen LogP contribution in [0.4, 0.5) is 5.69 Å². The number of hydrogen-bond acceptors (Lipinski definition) is 4. The second-order valence-corrected chi connectivity index (χ2v) is 8.97. The predicted molar refractivity (Wildman–Crippen MR) is 108 cm³/mol. The van der Waals surface area contributed by atoms with E-state index >= 15 is 0 Å². The molecule has 1 saturated heterocycles. The van der Waals surface area contributed by atoms with Crippen LogP contribution in [0.5, 0.6) is 0 Å². The molecule has 0 aliphatic carbocycles. The van der Waals surface area contributed by atoms with Crippen LogP contribution in [0.3, 0.4) is 0 Å². The Morgan fingerprint density at radius 2 is 1.82 bits per heavy atom. The van der Waals surface area contributed by atoms with Gasteiger partial charge in [0.2, 0.25) is 15.9 Å². The minimum Gasteiger partial charge on any atom is -0.373 e. The highest BCUT2D eigenvalue weighted by molar-refractivity contribution is 7.89. The molecule has 1 amide bonds. The number of nitrogens with one attached hydrogen (secondary N) is 1. The van der Waals surface area contributed by atoms with E-state index in [9.17, 15) is 13.2 Å². The van der Waals surface area contributed by atoms with Gasteiger partial charge in [0.15, 0.2) is 0 Å². The maximum absolute atomic E-state index is 13.1. The molecule has 150 valence electrons. The molecule has 2 aromatic carbocycles. The highest BCUT2D eigenvalue weighted by Crippen LogP contribution is 2.27. The highest BCUT2D eigenvalue weighted by atomic mass is 32.2. The third-order valence-electron chi connectivity index (χ3n) is 4.86. The lowest BCUT2D eigenvalue weighted by Gasteiger charge is -2.31. The van der Waals surface area contributed by atoms with Crippen LogP contribution in [0.2, 0.25) is 0 Å². The predicted octanol–water partition coefficient (Wildman–Crippen LogP) is 3.32. The normalized spacial score (nSPS) is 16.1. The third-order valence-corrected chi connectivity index (χ3v) is 6.90. The zero-order chi connectivity index (χ0) is 20.1. The Balaban J connectivity index is 1.64. The first-order valence-corrected chi connectivity index (χ1v) is 10.8. The van der Waals surface area contributed by atoms with Crippen LogP contribution < -0.4 is 5.32 Å². The first kappa shape index (κ1) is 20.5. The fraction of sp³-hybridized carbons (Fsp3) is 0.381. The van der Waals surface area contributed by atoms with Crippen LogP contribution in [0.25, 0.3) is 0 Å². The monoisotopic (exact) mass is 402 g/mol. The average molecular weight is 403 g/mol. The number of ether oxygens (including phenoxy) is 1. The summed E-state index contributed by atoms with van der Waals surface area (Å²) in [5.41, 5.74) is 2.26. The Bertz CT molecular complexity index is 921. The Morgan fingerprint density at radius 1 is 1.14 bits per heavy atom. The number of nitrogens with zero attached hydrogens (tertiary/aromatic N) is 1. The number of carbonyl (C=O) groups is 1. The third kappa shape index (κ3) is 4.98. The van der Waals surface area contributed by atoms with E-state index in [1.54, 1.807) is 19.1 Å². The lowest BCUT2D eigenvalue weighted by atomic mass is 10.1. The van der Waals surface area contributed by atoms with Crippen LogP contribution in [-0.4, -0.2) is 37.8 Å². The second kappa shape index (κ2) is 8.86. The molecule has 0 saturated carbocycles. The lowest BCUT2D eigenvalue weighted by molar-refractivity contribution is -0.114. The number of sulfonamides is 1. The molecule has 2 aromatic rings. The molecule has 6 nitrogen and oxygen atoms in total. The molecule has 0 radical (unpaired) electrons. The van der Waals surface area contributed by atoms with E-state index in [1.165, 1.54) is 17.3 Å². The van der Waals surface area contributed by atoms with Crippen molar-refractivity contribution in [3.8, 4) is 0 Å². The number of carbonyl (C=O) groups excluding carboxylic acids is 1. The summed E-state index contributed by atoms with van der Waals surface area (Å²) in [6, 6.07) is 14.9. The summed E-state index contributed by atoms with van der Waals surface area (Å²) in [6.45, 7) is 4.54. The van der Waals surface area contributed by atoms with E-state index in [0.717, 1.165) is 5.56 Å². The van der Waals surface area contributed by atoms with Crippen molar-refractivity contribution >= 4 is 21.6 Å². The van der Waals surface area contributed by atoms with Crippen molar-refractivity contribution in [1.29, 1.82) is 0 Å². The van der Waals surface area contributed by atoms with Gasteiger partial charge in [-0.25, -0.2) is 8.42 Å². The molecule has 0 atom stereocenters. The van der Waals surface area contributed by atoms with Gasteiger partial charge in [0.05, 0.1) is 17.6 Å². The summed E-state index contributed by atoms with van der Waals surface area (Å²) in [4.78, 5) is 11.5. The van der Waals surface area contributed by atoms with Gasteiger partial charge < -0.3 is 10.1 Å². The van der Waals surface area contributed by atoms with E-state index in [-0.39, 0.29) is 16.9 Å². The quantitative estimate of drug-likeness (QED) is 0.804. The number of hydrogen-bond donors (Lipinski definition) is 1. The van der Waals surface area contributed by atoms with Gasteiger partial charge in [0.25, 0.3) is 0 Å². The number of piperidine rings is 1. The molecule has 0 aromatic heterocycles. The Morgan fingerprint density at radius 3 is 2.46 bits per heavy atom. The van der Waals surface area contributed by atoms with E-state index in [4.69, 9.17) is 4.74 Å². The summed E-state index contributed by atoms with van der Waals surface area (Å²) < 4.78 is 33.7. The first-order valence-electron chi connectivity index (χ1n) is 9.40. The maximum Gasteiger partial charge on any atom is 0.243 e. The SMILES string of the molecule is CC(=O)Nc1ccc(C)c(S(=O)(=O)N2CCC(OCc3ccccc3)CC2)c1. The number of amides is 1. The highest BCUT2D eigenvalue weighted by Gasteiger charge is 2.31. The maximum atomic E-state index is 13.1. The summed E-state index contributed by atoms with van der Waals surface area (Å²) in [5.74, 6) is -0.233. The van der Waals surface area contributed by atoms with Gasteiger partial charge in [-0.1, -0.05) is 36.4 Å². The second-order valence-electron chi connectivity index (χ2n) is 7.06. The van der Waals surface area contributed by atoms with Crippen molar-refractivity contribution in [2.75, 3.05) is 18.4 Å². The molecule has 1 aliphatic rings. The lowest BCUT2D eigenvalue weighted by Crippen LogP contribution is -2.41. The zero-order valence-electron chi connectivity index (χ0n) is 16.2. The number of rotatable bonds is 6. The van der Waals surface area contributed by atoms with Gasteiger partial charge in [-0.15, -0.1) is 0 Å². The Kier molecular flexibility index (Phi) is 6.49. The van der Waals surface area contributed by atoms with Crippen LogP contribution in [-0.2, 0) is 26.2 Å². The van der Waals surface area contributed by atoms with E-state index in [1.807, 2.05) is 30.3 Å². The summed E-state index contributed by atoms with van der Waals surface area (Å²) in [5, 5.41) is 2.64. The minimum absolute atomic E-state index is 0.0541. The molecular weight excluding hydrogens is 376 g/mol. The molecule has 0 unspecified atom stereocenters. The van der Waals surface area contributed by atoms with E-state index in [2.05, 4.69) is 5.32 Å². The topological polar surface area (TPSA) is 75.7 Å². The van der Waals surface area contributed by atoms with Gasteiger partial charge in [-0.05, 0) is 43.0 Å². The first-order chi connectivity index (χ1) is 13.4. The standard InChI is InChI=1S/C21H26N2O4S/c1-16-8-9-19(22-17(2)24)14-21(16)28(25,26)23-12-10-20(11-13-23)27-15-18-6-4-3-5-7-18/h3-9,14,20H,10-13,15H2,1-2H3,(H,22,24). The van der Waals surface area contributed by atoms with Crippen molar-refractivity contribution in [3.63, 3.8) is 0 Å². The fourth-order valence-corrected chi connectivity index (χ4v) is 5.05. The summed E-state index contributed by atoms with van der Waals surface area (Å²) >= 11 is 0. The molecular formula is C21H26N2O4S. The van der Waals surface area contributed by atoms with Crippen molar-refractivity contribution in [1.82, 2.24) is 4.31 Å². The van der Waals surface area contributed by atoms with E-state index < -0.39 is 10.0 Å². The van der Waals surface area contributed by atoms with Crippen LogP contribution in [0.15, 0.2) is 53.4 Å². The van der Waals surface area contributed by atoms with Gasteiger partial charge >= 0.3 is 0 Å². The smallest absolute Gasteiger partial charge is 0.243 e. The van der Waals surface area contributed by atoms with Crippen LogP contribution in [0.1, 0.15) is 30.9 Å². The molecule has 1 aliphatic heterocycles. The van der Waals surface area contributed by atoms with Gasteiger partial charge in [-0.2, -0.15) is 4.31 Å². The minimum atomic E-state index is -3.62. The molecule has 0 bridgehead atoms. The number of aryl methyl sites for hydroxylation is 1. The molecule has 0 spiro atoms. The zero-order valence-corrected chi connectivity index (χ0v) is 17.0. The largest absolute Gasteiger partial charge is 0.373 e. The molecule has 1 heterocycles. The van der Waals surface area contributed by atoms with Crippen molar-refractivity contribution in [3.05, 3.63) is 59.7 Å². The van der Waals surface area contributed by atoms with Crippen LogP contribution >= 0.6 is 0 Å². The number of benzene rings is 2. The fourth-order valence-electron chi connectivity index (χ4n) is 3.33.